The Hall–Kier alpha value is -1.08. The first-order valence-corrected chi connectivity index (χ1v) is 9.39. The van der Waals surface area contributed by atoms with Crippen LogP contribution in [0, 0.1) is 11.8 Å². The van der Waals surface area contributed by atoms with E-state index in [1.165, 1.54) is 36.0 Å². The van der Waals surface area contributed by atoms with Gasteiger partial charge in [0.2, 0.25) is 0 Å². The lowest BCUT2D eigenvalue weighted by atomic mass is 9.81. The van der Waals surface area contributed by atoms with Gasteiger partial charge in [0.05, 0.1) is 0 Å². The summed E-state index contributed by atoms with van der Waals surface area (Å²) in [6, 6.07) is 0. The summed E-state index contributed by atoms with van der Waals surface area (Å²) in [5.74, 6) is 1.36. The molecule has 0 bridgehead atoms. The fourth-order valence-corrected chi connectivity index (χ4v) is 3.43. The van der Waals surface area contributed by atoms with Crippen LogP contribution in [0.4, 0.5) is 0 Å². The highest BCUT2D eigenvalue weighted by molar-refractivity contribution is 5.30. The quantitative estimate of drug-likeness (QED) is 0.377. The van der Waals surface area contributed by atoms with E-state index in [0.29, 0.717) is 11.8 Å². The summed E-state index contributed by atoms with van der Waals surface area (Å²) in [5.41, 5.74) is 11.6. The van der Waals surface area contributed by atoms with Gasteiger partial charge in [-0.05, 0) is 71.3 Å². The third kappa shape index (κ3) is 7.83. The van der Waals surface area contributed by atoms with E-state index in [-0.39, 0.29) is 1.43 Å². The number of nitrogens with two attached hydrogens (primary N) is 1. The molecule has 132 valence electrons. The highest BCUT2D eigenvalue weighted by Gasteiger charge is 2.18. The lowest BCUT2D eigenvalue weighted by molar-refractivity contribution is 0.492. The molecule has 2 atom stereocenters. The molecule has 0 radical (unpaired) electrons. The minimum Gasteiger partial charge on any atom is -0.330 e. The molecule has 0 fully saturated rings. The smallest absolute Gasteiger partial charge is 0 e. The minimum absolute atomic E-state index is 0. The molecule has 0 heterocycles. The highest BCUT2D eigenvalue weighted by atomic mass is 14.5. The second-order valence-electron chi connectivity index (χ2n) is 7.32. The Morgan fingerprint density at radius 1 is 1.39 bits per heavy atom. The minimum atomic E-state index is 0. The predicted octanol–water partition coefficient (Wildman–Crippen LogP) is 6.58. The average molecular weight is 318 g/mol. The van der Waals surface area contributed by atoms with Gasteiger partial charge in [-0.1, -0.05) is 66.9 Å². The molecule has 0 aromatic rings. The second-order valence-corrected chi connectivity index (χ2v) is 7.32. The molecular weight excluding hydrogens is 278 g/mol. The molecule has 0 saturated heterocycles. The Balaban J connectivity index is 0.00000529. The molecule has 1 nitrogen and oxygen atoms in total. The van der Waals surface area contributed by atoms with Gasteiger partial charge < -0.3 is 5.73 Å². The van der Waals surface area contributed by atoms with Crippen LogP contribution in [0.5, 0.6) is 0 Å². The van der Waals surface area contributed by atoms with Gasteiger partial charge in [0.25, 0.3) is 0 Å². The van der Waals surface area contributed by atoms with E-state index < -0.39 is 0 Å². The Labute approximate surface area is 145 Å². The van der Waals surface area contributed by atoms with E-state index in [2.05, 4.69) is 58.9 Å². The number of hydrogen-bond donors (Lipinski definition) is 1. The molecule has 0 amide bonds. The van der Waals surface area contributed by atoms with Crippen molar-refractivity contribution in [1.29, 1.82) is 0 Å². The van der Waals surface area contributed by atoms with Crippen LogP contribution in [0.15, 0.2) is 46.6 Å². The van der Waals surface area contributed by atoms with E-state index in [9.17, 15) is 0 Å². The topological polar surface area (TPSA) is 26.0 Å². The molecule has 1 aliphatic carbocycles. The Morgan fingerprint density at radius 2 is 2.13 bits per heavy atom. The van der Waals surface area contributed by atoms with E-state index >= 15 is 0 Å². The van der Waals surface area contributed by atoms with Crippen molar-refractivity contribution in [3.63, 3.8) is 0 Å². The van der Waals surface area contributed by atoms with Crippen molar-refractivity contribution in [3.8, 4) is 0 Å². The second kappa shape index (κ2) is 10.6. The maximum atomic E-state index is 5.69. The predicted molar refractivity (Wildman–Crippen MR) is 107 cm³/mol. The first kappa shape index (κ1) is 20.0. The van der Waals surface area contributed by atoms with Gasteiger partial charge in [-0.2, -0.15) is 0 Å². The molecule has 0 aliphatic heterocycles. The number of rotatable bonds is 9. The van der Waals surface area contributed by atoms with E-state index in [1.807, 2.05) is 0 Å². The summed E-state index contributed by atoms with van der Waals surface area (Å²) in [6.07, 6.45) is 16.8. The van der Waals surface area contributed by atoms with Crippen LogP contribution in [0.3, 0.4) is 0 Å². The summed E-state index contributed by atoms with van der Waals surface area (Å²) >= 11 is 0. The summed E-state index contributed by atoms with van der Waals surface area (Å²) in [4.78, 5) is 0. The molecule has 0 saturated carbocycles. The standard InChI is InChI=1S/C22H37N.H2/c1-6-17(2)13-18(3)10-11-21(9-7-8-12-23)22-15-19(4)14-20(5)16-22;/h10,13-15,20-21H,6-9,11-12,16,23H2,1-5H3;1H/b17-13-,18-10-;. The lowest BCUT2D eigenvalue weighted by Crippen LogP contribution is -2.11. The van der Waals surface area contributed by atoms with Gasteiger partial charge in [0.1, 0.15) is 0 Å². The molecule has 0 spiro atoms. The van der Waals surface area contributed by atoms with Gasteiger partial charge in [-0.3, -0.25) is 0 Å². The summed E-state index contributed by atoms with van der Waals surface area (Å²) < 4.78 is 0. The van der Waals surface area contributed by atoms with Crippen LogP contribution in [0.1, 0.15) is 74.6 Å². The van der Waals surface area contributed by atoms with Gasteiger partial charge >= 0.3 is 0 Å². The molecule has 2 unspecified atom stereocenters. The largest absolute Gasteiger partial charge is 0.330 e. The van der Waals surface area contributed by atoms with Crippen molar-refractivity contribution in [3.05, 3.63) is 46.6 Å². The molecule has 1 heteroatoms. The Morgan fingerprint density at radius 3 is 2.74 bits per heavy atom. The molecule has 1 aliphatic rings. The third-order valence-electron chi connectivity index (χ3n) is 4.81. The van der Waals surface area contributed by atoms with Crippen molar-refractivity contribution in [2.75, 3.05) is 6.54 Å². The Kier molecular flexibility index (Phi) is 9.24. The zero-order valence-electron chi connectivity index (χ0n) is 16.0. The Bertz CT molecular complexity index is 482. The van der Waals surface area contributed by atoms with Crippen LogP contribution < -0.4 is 5.73 Å². The van der Waals surface area contributed by atoms with Gasteiger partial charge in [0.15, 0.2) is 0 Å². The molecule has 1 rings (SSSR count). The first-order valence-electron chi connectivity index (χ1n) is 9.39. The zero-order chi connectivity index (χ0) is 17.2. The van der Waals surface area contributed by atoms with E-state index in [4.69, 9.17) is 5.73 Å². The molecule has 0 aromatic heterocycles. The van der Waals surface area contributed by atoms with Gasteiger partial charge in [0, 0.05) is 1.43 Å². The van der Waals surface area contributed by atoms with Crippen LogP contribution in [0.25, 0.3) is 0 Å². The molecule has 0 aromatic carbocycles. The van der Waals surface area contributed by atoms with E-state index in [0.717, 1.165) is 25.8 Å². The number of allylic oxidation sites excluding steroid dienone is 8. The summed E-state index contributed by atoms with van der Waals surface area (Å²) in [7, 11) is 0. The average Bonchev–Trinajstić information content (AvgIpc) is 2.49. The zero-order valence-corrected chi connectivity index (χ0v) is 16.0. The van der Waals surface area contributed by atoms with Crippen molar-refractivity contribution in [2.24, 2.45) is 17.6 Å². The SMILES string of the molecule is CC/C(C)=C\C(C)=C/CC(CCCCN)C1=CC(C)=CC(C)C1.[HH]. The first-order chi connectivity index (χ1) is 11.0. The van der Waals surface area contributed by atoms with Crippen LogP contribution >= 0.6 is 0 Å². The molecule has 23 heavy (non-hydrogen) atoms. The van der Waals surface area contributed by atoms with E-state index in [1.54, 1.807) is 5.57 Å². The third-order valence-corrected chi connectivity index (χ3v) is 4.81. The van der Waals surface area contributed by atoms with Crippen LogP contribution in [0.2, 0.25) is 0 Å². The molecule has 2 N–H and O–H groups in total. The maximum absolute atomic E-state index is 5.69. The highest BCUT2D eigenvalue weighted by Crippen LogP contribution is 2.33. The molecular formula is C22H39N. The summed E-state index contributed by atoms with van der Waals surface area (Å²) in [6.45, 7) is 12.1. The monoisotopic (exact) mass is 317 g/mol. The lowest BCUT2D eigenvalue weighted by Gasteiger charge is -2.25. The summed E-state index contributed by atoms with van der Waals surface area (Å²) in [5, 5.41) is 0. The number of unbranched alkanes of at least 4 members (excludes halogenated alkanes) is 1. The number of hydrogen-bond acceptors (Lipinski definition) is 1. The normalized spacial score (nSPS) is 21.0. The van der Waals surface area contributed by atoms with Gasteiger partial charge in [-0.15, -0.1) is 0 Å². The van der Waals surface area contributed by atoms with Crippen LogP contribution in [-0.4, -0.2) is 6.54 Å². The maximum Gasteiger partial charge on any atom is 0 e. The van der Waals surface area contributed by atoms with Crippen molar-refractivity contribution in [2.45, 2.75) is 73.1 Å². The van der Waals surface area contributed by atoms with Crippen LogP contribution in [-0.2, 0) is 0 Å². The fraction of sp³-hybridized carbons (Fsp3) is 0.636. The van der Waals surface area contributed by atoms with Crippen molar-refractivity contribution in [1.82, 2.24) is 0 Å². The van der Waals surface area contributed by atoms with Gasteiger partial charge in [-0.25, -0.2) is 0 Å². The van der Waals surface area contributed by atoms with Crippen molar-refractivity contribution >= 4 is 0 Å². The van der Waals surface area contributed by atoms with Crippen molar-refractivity contribution < 1.29 is 1.43 Å². The fourth-order valence-electron chi connectivity index (χ4n) is 3.43.